The molecule has 122 valence electrons. The summed E-state index contributed by atoms with van der Waals surface area (Å²) in [4.78, 5) is 0. The van der Waals surface area contributed by atoms with Gasteiger partial charge in [0.1, 0.15) is 0 Å². The Morgan fingerprint density at radius 2 is 1.55 bits per heavy atom. The third-order valence-corrected chi connectivity index (χ3v) is 6.57. The van der Waals surface area contributed by atoms with Crippen LogP contribution in [0.4, 0.5) is 0 Å². The lowest BCUT2D eigenvalue weighted by molar-refractivity contribution is 0.169. The van der Waals surface area contributed by atoms with Crippen LogP contribution in [-0.2, 0) is 5.41 Å². The summed E-state index contributed by atoms with van der Waals surface area (Å²) in [5, 5.41) is 0. The van der Waals surface area contributed by atoms with Gasteiger partial charge in [0.05, 0.1) is 0 Å². The Kier molecular flexibility index (Phi) is 4.14. The first-order valence-electron chi connectivity index (χ1n) is 9.19. The van der Waals surface area contributed by atoms with Crippen molar-refractivity contribution in [3.63, 3.8) is 0 Å². The lowest BCUT2D eigenvalue weighted by Gasteiger charge is -2.37. The number of rotatable bonds is 3. The molecule has 1 unspecified atom stereocenters. The molecule has 0 radical (unpaired) electrons. The van der Waals surface area contributed by atoms with Gasteiger partial charge in [0.2, 0.25) is 0 Å². The van der Waals surface area contributed by atoms with Crippen molar-refractivity contribution >= 4 is 0 Å². The van der Waals surface area contributed by atoms with Crippen molar-refractivity contribution in [3.8, 4) is 0 Å². The molecule has 2 fully saturated rings. The number of hydrogen-bond donors (Lipinski definition) is 1. The molecule has 1 aromatic rings. The van der Waals surface area contributed by atoms with Gasteiger partial charge in [-0.3, -0.25) is 0 Å². The van der Waals surface area contributed by atoms with Gasteiger partial charge in [-0.05, 0) is 73.8 Å². The minimum Gasteiger partial charge on any atom is -0.327 e. The van der Waals surface area contributed by atoms with Gasteiger partial charge < -0.3 is 5.73 Å². The molecule has 0 aliphatic heterocycles. The summed E-state index contributed by atoms with van der Waals surface area (Å²) in [7, 11) is 0. The minimum absolute atomic E-state index is 0.278. The highest BCUT2D eigenvalue weighted by Gasteiger charge is 2.47. The standard InChI is InChI=1S/C21H33N/c1-15(22)21(13-14-21)19-11-7-17(8-12-19)16-5-9-18(10-6-16)20(2,3)4/h7-8,11-12,15-16,18H,5-6,9-10,13-14,22H2,1-4H3. The van der Waals surface area contributed by atoms with Crippen LogP contribution in [-0.4, -0.2) is 6.04 Å². The first kappa shape index (κ1) is 16.1. The zero-order valence-corrected chi connectivity index (χ0v) is 14.9. The van der Waals surface area contributed by atoms with Gasteiger partial charge in [-0.1, -0.05) is 45.0 Å². The molecule has 0 bridgehead atoms. The van der Waals surface area contributed by atoms with Gasteiger partial charge in [0.15, 0.2) is 0 Å². The normalized spacial score (nSPS) is 29.1. The van der Waals surface area contributed by atoms with E-state index in [0.29, 0.717) is 10.8 Å². The molecule has 2 aliphatic carbocycles. The van der Waals surface area contributed by atoms with E-state index in [0.717, 1.165) is 11.8 Å². The Balaban J connectivity index is 1.65. The van der Waals surface area contributed by atoms with Crippen LogP contribution in [0.5, 0.6) is 0 Å². The maximum atomic E-state index is 6.20. The van der Waals surface area contributed by atoms with Crippen LogP contribution in [0.2, 0.25) is 0 Å². The Bertz CT molecular complexity index is 494. The van der Waals surface area contributed by atoms with E-state index in [2.05, 4.69) is 52.0 Å². The smallest absolute Gasteiger partial charge is 0.0108 e. The molecular formula is C21H33N. The van der Waals surface area contributed by atoms with E-state index in [-0.39, 0.29) is 6.04 Å². The fourth-order valence-corrected chi connectivity index (χ4v) is 4.52. The Labute approximate surface area is 136 Å². The fraction of sp³-hybridized carbons (Fsp3) is 0.714. The van der Waals surface area contributed by atoms with Crippen molar-refractivity contribution in [2.75, 3.05) is 0 Å². The second-order valence-electron chi connectivity index (χ2n) is 8.98. The van der Waals surface area contributed by atoms with E-state index in [1.165, 1.54) is 44.1 Å². The van der Waals surface area contributed by atoms with E-state index in [9.17, 15) is 0 Å². The molecule has 1 heteroatoms. The zero-order valence-electron chi connectivity index (χ0n) is 14.9. The van der Waals surface area contributed by atoms with Crippen LogP contribution in [0, 0.1) is 11.3 Å². The molecule has 0 spiro atoms. The highest BCUT2D eigenvalue weighted by atomic mass is 14.7. The SMILES string of the molecule is CC(N)C1(c2ccc(C3CCC(C(C)(C)C)CC3)cc2)CC1. The molecule has 1 atom stereocenters. The van der Waals surface area contributed by atoms with E-state index >= 15 is 0 Å². The average Bonchev–Trinajstić information content (AvgIpc) is 3.28. The van der Waals surface area contributed by atoms with Gasteiger partial charge in [-0.25, -0.2) is 0 Å². The second-order valence-corrected chi connectivity index (χ2v) is 8.98. The highest BCUT2D eigenvalue weighted by Crippen LogP contribution is 2.50. The molecule has 2 N–H and O–H groups in total. The van der Waals surface area contributed by atoms with Crippen molar-refractivity contribution < 1.29 is 0 Å². The summed E-state index contributed by atoms with van der Waals surface area (Å²) in [5.41, 5.74) is 9.99. The monoisotopic (exact) mass is 299 g/mol. The van der Waals surface area contributed by atoms with Crippen LogP contribution < -0.4 is 5.73 Å². The predicted molar refractivity (Wildman–Crippen MR) is 95.2 cm³/mol. The Morgan fingerprint density at radius 3 is 1.95 bits per heavy atom. The van der Waals surface area contributed by atoms with Crippen LogP contribution in [0.25, 0.3) is 0 Å². The lowest BCUT2D eigenvalue weighted by Crippen LogP contribution is -2.31. The van der Waals surface area contributed by atoms with Gasteiger partial charge in [-0.2, -0.15) is 0 Å². The molecule has 22 heavy (non-hydrogen) atoms. The minimum atomic E-state index is 0.278. The zero-order chi connectivity index (χ0) is 16.0. The van der Waals surface area contributed by atoms with E-state index in [1.807, 2.05) is 0 Å². The van der Waals surface area contributed by atoms with Gasteiger partial charge in [0, 0.05) is 11.5 Å². The van der Waals surface area contributed by atoms with Gasteiger partial charge in [-0.15, -0.1) is 0 Å². The molecule has 0 amide bonds. The summed E-state index contributed by atoms with van der Waals surface area (Å²) in [6.45, 7) is 9.36. The quantitative estimate of drug-likeness (QED) is 0.796. The summed E-state index contributed by atoms with van der Waals surface area (Å²) in [5.74, 6) is 1.67. The maximum absolute atomic E-state index is 6.20. The third-order valence-electron chi connectivity index (χ3n) is 6.57. The van der Waals surface area contributed by atoms with Crippen molar-refractivity contribution in [1.82, 2.24) is 0 Å². The van der Waals surface area contributed by atoms with Crippen molar-refractivity contribution in [2.24, 2.45) is 17.1 Å². The summed E-state index contributed by atoms with van der Waals surface area (Å²) in [6, 6.07) is 9.78. The average molecular weight is 300 g/mol. The maximum Gasteiger partial charge on any atom is 0.0108 e. The highest BCUT2D eigenvalue weighted by molar-refractivity contribution is 5.36. The topological polar surface area (TPSA) is 26.0 Å². The Morgan fingerprint density at radius 1 is 1.00 bits per heavy atom. The van der Waals surface area contributed by atoms with Crippen molar-refractivity contribution in [3.05, 3.63) is 35.4 Å². The van der Waals surface area contributed by atoms with E-state index in [4.69, 9.17) is 5.73 Å². The summed E-state index contributed by atoms with van der Waals surface area (Å²) in [6.07, 6.45) is 8.03. The van der Waals surface area contributed by atoms with Crippen molar-refractivity contribution in [2.45, 2.75) is 83.6 Å². The van der Waals surface area contributed by atoms with Crippen LogP contribution in [0.1, 0.15) is 83.3 Å². The van der Waals surface area contributed by atoms with Crippen LogP contribution >= 0.6 is 0 Å². The molecule has 1 nitrogen and oxygen atoms in total. The summed E-state index contributed by atoms with van der Waals surface area (Å²) < 4.78 is 0. The lowest BCUT2D eigenvalue weighted by atomic mass is 9.68. The number of nitrogens with two attached hydrogens (primary N) is 1. The van der Waals surface area contributed by atoms with Gasteiger partial charge in [0.25, 0.3) is 0 Å². The van der Waals surface area contributed by atoms with Gasteiger partial charge >= 0.3 is 0 Å². The fourth-order valence-electron chi connectivity index (χ4n) is 4.52. The third kappa shape index (κ3) is 2.97. The molecular weight excluding hydrogens is 266 g/mol. The van der Waals surface area contributed by atoms with E-state index in [1.54, 1.807) is 5.56 Å². The van der Waals surface area contributed by atoms with E-state index < -0.39 is 0 Å². The number of benzene rings is 1. The Hall–Kier alpha value is -0.820. The molecule has 0 aromatic heterocycles. The second kappa shape index (κ2) is 5.67. The molecule has 1 aromatic carbocycles. The van der Waals surface area contributed by atoms with Crippen molar-refractivity contribution in [1.29, 1.82) is 0 Å². The molecule has 0 saturated heterocycles. The predicted octanol–water partition coefficient (Wildman–Crippen LogP) is 5.39. The molecule has 2 aliphatic rings. The first-order chi connectivity index (χ1) is 10.3. The largest absolute Gasteiger partial charge is 0.327 e. The molecule has 0 heterocycles. The number of hydrogen-bond acceptors (Lipinski definition) is 1. The molecule has 3 rings (SSSR count). The molecule has 2 saturated carbocycles. The van der Waals surface area contributed by atoms with Crippen LogP contribution in [0.15, 0.2) is 24.3 Å². The summed E-state index contributed by atoms with van der Waals surface area (Å²) >= 11 is 0. The first-order valence-corrected chi connectivity index (χ1v) is 9.19. The van der Waals surface area contributed by atoms with Crippen LogP contribution in [0.3, 0.4) is 0 Å².